The van der Waals surface area contributed by atoms with Crippen LogP contribution < -0.4 is 11.1 Å². The Morgan fingerprint density at radius 2 is 2.33 bits per heavy atom. The molecule has 82 valence electrons. The summed E-state index contributed by atoms with van der Waals surface area (Å²) in [5.74, 6) is 0.116. The molecule has 6 heteroatoms. The van der Waals surface area contributed by atoms with Gasteiger partial charge < -0.3 is 5.73 Å². The van der Waals surface area contributed by atoms with Gasteiger partial charge in [0.15, 0.2) is 5.96 Å². The fraction of sp³-hybridized carbons (Fsp3) is 0.667. The highest BCUT2D eigenvalue weighted by Gasteiger charge is 2.48. The molecular weight excluding hydrogens is 194 g/mol. The first-order valence-electron chi connectivity index (χ1n) is 4.99. The summed E-state index contributed by atoms with van der Waals surface area (Å²) in [6.45, 7) is 4.12. The fourth-order valence-corrected chi connectivity index (χ4v) is 2.00. The SMILES string of the molecule is CC(C)N1C=[N+](C)C2C(=O)NC(N)=NC21. The number of rotatable bonds is 1. The minimum Gasteiger partial charge on any atom is -0.369 e. The summed E-state index contributed by atoms with van der Waals surface area (Å²) < 4.78 is 1.87. The molecule has 0 aromatic rings. The zero-order valence-corrected chi connectivity index (χ0v) is 9.14. The molecule has 15 heavy (non-hydrogen) atoms. The van der Waals surface area contributed by atoms with Crippen LogP contribution >= 0.6 is 0 Å². The van der Waals surface area contributed by atoms with E-state index in [1.807, 2.05) is 22.9 Å². The lowest BCUT2D eigenvalue weighted by molar-refractivity contribution is -0.513. The van der Waals surface area contributed by atoms with Gasteiger partial charge in [-0.15, -0.1) is 0 Å². The Morgan fingerprint density at radius 3 is 2.93 bits per heavy atom. The fourth-order valence-electron chi connectivity index (χ4n) is 2.00. The summed E-state index contributed by atoms with van der Waals surface area (Å²) in [5, 5.41) is 2.54. The average Bonchev–Trinajstić information content (AvgIpc) is 2.42. The van der Waals surface area contributed by atoms with Crippen molar-refractivity contribution in [1.29, 1.82) is 0 Å². The van der Waals surface area contributed by atoms with Crippen LogP contribution in [0.2, 0.25) is 0 Å². The van der Waals surface area contributed by atoms with Crippen LogP contribution in [0.3, 0.4) is 0 Å². The molecular formula is C9H16N5O+. The average molecular weight is 210 g/mol. The number of carbonyl (C=O) groups excluding carboxylic acids is 1. The Hall–Kier alpha value is -1.59. The molecule has 3 N–H and O–H groups in total. The first-order chi connectivity index (χ1) is 7.00. The Balaban J connectivity index is 2.36. The number of amides is 1. The molecule has 0 saturated carbocycles. The number of nitrogens with one attached hydrogen (secondary N) is 1. The minimum atomic E-state index is -0.264. The van der Waals surface area contributed by atoms with Gasteiger partial charge in [0.1, 0.15) is 0 Å². The maximum atomic E-state index is 11.7. The van der Waals surface area contributed by atoms with Crippen molar-refractivity contribution in [3.63, 3.8) is 0 Å². The van der Waals surface area contributed by atoms with E-state index in [0.717, 1.165) is 0 Å². The first kappa shape index (κ1) is 9.95. The van der Waals surface area contributed by atoms with Crippen LogP contribution in [0.5, 0.6) is 0 Å². The van der Waals surface area contributed by atoms with Gasteiger partial charge in [0.2, 0.25) is 18.5 Å². The summed E-state index contributed by atoms with van der Waals surface area (Å²) in [5.41, 5.74) is 5.55. The van der Waals surface area contributed by atoms with Crippen molar-refractivity contribution in [2.75, 3.05) is 7.05 Å². The topological polar surface area (TPSA) is 73.7 Å². The van der Waals surface area contributed by atoms with Crippen LogP contribution in [0, 0.1) is 0 Å². The van der Waals surface area contributed by atoms with Gasteiger partial charge in [0, 0.05) is 0 Å². The molecule has 0 fully saturated rings. The number of hydrogen-bond acceptors (Lipinski definition) is 4. The number of likely N-dealkylation sites (N-methyl/N-ethyl adjacent to an activating group) is 1. The number of aliphatic imine (C=N–C) groups is 1. The van der Waals surface area contributed by atoms with Gasteiger partial charge in [-0.05, 0) is 13.8 Å². The standard InChI is InChI=1S/C9H15N5O/c1-5(2)14-4-13(3)6-7(14)11-9(10)12-8(6)15/h4-7H,1-3H3,(H2-,10,11,12,15)/p+1. The van der Waals surface area contributed by atoms with Gasteiger partial charge in [-0.1, -0.05) is 0 Å². The van der Waals surface area contributed by atoms with Crippen LogP contribution in [0.15, 0.2) is 4.99 Å². The maximum Gasteiger partial charge on any atom is 0.278 e. The second kappa shape index (κ2) is 3.22. The van der Waals surface area contributed by atoms with Gasteiger partial charge in [-0.2, -0.15) is 0 Å². The Morgan fingerprint density at radius 1 is 1.67 bits per heavy atom. The molecule has 0 aliphatic carbocycles. The molecule has 1 amide bonds. The zero-order chi connectivity index (χ0) is 11.2. The largest absolute Gasteiger partial charge is 0.369 e. The van der Waals surface area contributed by atoms with E-state index in [1.165, 1.54) is 0 Å². The van der Waals surface area contributed by atoms with Crippen molar-refractivity contribution in [1.82, 2.24) is 10.2 Å². The molecule has 2 aliphatic heterocycles. The van der Waals surface area contributed by atoms with Crippen LogP contribution in [0.1, 0.15) is 13.8 Å². The lowest BCUT2D eigenvalue weighted by atomic mass is 10.1. The third-order valence-corrected chi connectivity index (χ3v) is 2.73. The van der Waals surface area contributed by atoms with E-state index in [9.17, 15) is 4.79 Å². The lowest BCUT2D eigenvalue weighted by Gasteiger charge is -2.24. The normalized spacial score (nSPS) is 29.9. The highest BCUT2D eigenvalue weighted by Crippen LogP contribution is 2.19. The van der Waals surface area contributed by atoms with E-state index in [1.54, 1.807) is 0 Å². The minimum absolute atomic E-state index is 0.0885. The van der Waals surface area contributed by atoms with Gasteiger partial charge >= 0.3 is 0 Å². The molecule has 6 nitrogen and oxygen atoms in total. The van der Waals surface area contributed by atoms with E-state index >= 15 is 0 Å². The number of nitrogens with zero attached hydrogens (tertiary/aromatic N) is 3. The molecule has 2 heterocycles. The quantitative estimate of drug-likeness (QED) is 0.518. The Bertz CT molecular complexity index is 360. The molecule has 0 radical (unpaired) electrons. The van der Waals surface area contributed by atoms with Crippen LogP contribution in [0.4, 0.5) is 0 Å². The molecule has 2 unspecified atom stereocenters. The van der Waals surface area contributed by atoms with Crippen molar-refractivity contribution < 1.29 is 9.37 Å². The van der Waals surface area contributed by atoms with Crippen molar-refractivity contribution in [2.24, 2.45) is 10.7 Å². The molecule has 2 rings (SSSR count). The Labute approximate surface area is 88.5 Å². The number of carbonyl (C=O) groups is 1. The van der Waals surface area contributed by atoms with Gasteiger partial charge in [0.05, 0.1) is 13.1 Å². The van der Waals surface area contributed by atoms with Gasteiger partial charge in [0.25, 0.3) is 5.91 Å². The van der Waals surface area contributed by atoms with E-state index in [-0.39, 0.29) is 24.1 Å². The monoisotopic (exact) mass is 210 g/mol. The third kappa shape index (κ3) is 1.45. The molecule has 2 atom stereocenters. The number of nitrogens with two attached hydrogens (primary N) is 1. The molecule has 0 aromatic heterocycles. The second-order valence-electron chi connectivity index (χ2n) is 4.18. The van der Waals surface area contributed by atoms with Crippen LogP contribution in [-0.2, 0) is 4.79 Å². The maximum absolute atomic E-state index is 11.7. The zero-order valence-electron chi connectivity index (χ0n) is 9.14. The van der Waals surface area contributed by atoms with Crippen molar-refractivity contribution in [3.8, 4) is 0 Å². The summed E-state index contributed by atoms with van der Waals surface area (Å²) in [6.07, 6.45) is 1.73. The highest BCUT2D eigenvalue weighted by atomic mass is 16.2. The van der Waals surface area contributed by atoms with E-state index < -0.39 is 0 Å². The molecule has 2 aliphatic rings. The van der Waals surface area contributed by atoms with Crippen LogP contribution in [-0.4, -0.2) is 53.0 Å². The van der Waals surface area contributed by atoms with E-state index in [2.05, 4.69) is 24.2 Å². The van der Waals surface area contributed by atoms with Crippen molar-refractivity contribution in [3.05, 3.63) is 0 Å². The summed E-state index contributed by atoms with van der Waals surface area (Å²) in [4.78, 5) is 18.0. The molecule has 0 bridgehead atoms. The first-order valence-corrected chi connectivity index (χ1v) is 4.99. The number of guanidine groups is 1. The summed E-state index contributed by atoms with van der Waals surface area (Å²) >= 11 is 0. The van der Waals surface area contributed by atoms with E-state index in [4.69, 9.17) is 5.73 Å². The predicted octanol–water partition coefficient (Wildman–Crippen LogP) is -1.48. The van der Waals surface area contributed by atoms with E-state index in [0.29, 0.717) is 6.04 Å². The highest BCUT2D eigenvalue weighted by molar-refractivity contribution is 6.01. The summed E-state index contributed by atoms with van der Waals surface area (Å²) in [7, 11) is 1.87. The number of hydrogen-bond donors (Lipinski definition) is 2. The lowest BCUT2D eigenvalue weighted by Crippen LogP contribution is -2.56. The van der Waals surface area contributed by atoms with Gasteiger partial charge in [-0.25, -0.2) is 9.89 Å². The molecule has 0 aromatic carbocycles. The second-order valence-corrected chi connectivity index (χ2v) is 4.18. The Kier molecular flexibility index (Phi) is 2.13. The molecule has 0 saturated heterocycles. The van der Waals surface area contributed by atoms with Crippen molar-refractivity contribution >= 4 is 18.2 Å². The molecule has 0 spiro atoms. The third-order valence-electron chi connectivity index (χ3n) is 2.73. The smallest absolute Gasteiger partial charge is 0.278 e. The number of fused-ring (bicyclic) bond motifs is 1. The summed E-state index contributed by atoms with van der Waals surface area (Å²) in [6, 6.07) is 0.0320. The predicted molar refractivity (Wildman–Crippen MR) is 56.6 cm³/mol. The van der Waals surface area contributed by atoms with Crippen molar-refractivity contribution in [2.45, 2.75) is 32.1 Å². The van der Waals surface area contributed by atoms with Gasteiger partial charge in [-0.3, -0.25) is 14.7 Å². The van der Waals surface area contributed by atoms with Crippen LogP contribution in [0.25, 0.3) is 0 Å².